The molecule has 0 aromatic carbocycles. The van der Waals surface area contributed by atoms with Gasteiger partial charge in [0.2, 0.25) is 0 Å². The van der Waals surface area contributed by atoms with Gasteiger partial charge in [0.1, 0.15) is 0 Å². The summed E-state index contributed by atoms with van der Waals surface area (Å²) < 4.78 is 0. The number of hydrogen-bond donors (Lipinski definition) is 0. The van der Waals surface area contributed by atoms with Crippen LogP contribution in [0.3, 0.4) is 0 Å². The Hall–Kier alpha value is -0.590. The van der Waals surface area contributed by atoms with Crippen molar-refractivity contribution in [2.24, 2.45) is 16.3 Å². The number of nitrogens with zero attached hydrogens (tertiary/aromatic N) is 1. The molecule has 1 aliphatic heterocycles. The average molecular weight is 165 g/mol. The molecule has 1 heteroatoms. The summed E-state index contributed by atoms with van der Waals surface area (Å²) in [6, 6.07) is 0. The summed E-state index contributed by atoms with van der Waals surface area (Å²) in [5.74, 6) is 0.616. The van der Waals surface area contributed by atoms with E-state index in [4.69, 9.17) is 0 Å². The number of hydrogen-bond acceptors (Lipinski definition) is 1. The van der Waals surface area contributed by atoms with Crippen LogP contribution in [0, 0.1) is 11.3 Å². The molecule has 0 aromatic heterocycles. The van der Waals surface area contributed by atoms with Crippen molar-refractivity contribution in [3.63, 3.8) is 0 Å². The third-order valence-electron chi connectivity index (χ3n) is 2.17. The van der Waals surface area contributed by atoms with Crippen molar-refractivity contribution in [2.75, 3.05) is 6.54 Å². The van der Waals surface area contributed by atoms with Crippen LogP contribution >= 0.6 is 0 Å². The zero-order chi connectivity index (χ0) is 9.35. The minimum atomic E-state index is 0.215. The van der Waals surface area contributed by atoms with Crippen LogP contribution in [0.5, 0.6) is 0 Å². The van der Waals surface area contributed by atoms with Crippen molar-refractivity contribution in [1.29, 1.82) is 0 Å². The van der Waals surface area contributed by atoms with E-state index in [-0.39, 0.29) is 5.41 Å². The van der Waals surface area contributed by atoms with Crippen molar-refractivity contribution in [1.82, 2.24) is 0 Å². The summed E-state index contributed by atoms with van der Waals surface area (Å²) in [5.41, 5.74) is 2.96. The fraction of sp³-hybridized carbons (Fsp3) is 0.727. The van der Waals surface area contributed by atoms with Gasteiger partial charge in [0.05, 0.1) is 6.54 Å². The maximum absolute atomic E-state index is 4.53. The van der Waals surface area contributed by atoms with E-state index >= 15 is 0 Å². The van der Waals surface area contributed by atoms with Gasteiger partial charge in [0, 0.05) is 11.1 Å². The van der Waals surface area contributed by atoms with Gasteiger partial charge in [-0.15, -0.1) is 0 Å². The van der Waals surface area contributed by atoms with Crippen LogP contribution in [0.1, 0.15) is 34.6 Å². The lowest BCUT2D eigenvalue weighted by Crippen LogP contribution is -2.22. The highest BCUT2D eigenvalue weighted by molar-refractivity contribution is 6.05. The maximum Gasteiger partial charge on any atom is 0.0580 e. The summed E-state index contributed by atoms with van der Waals surface area (Å²) in [6.45, 7) is 12.0. The Kier molecular flexibility index (Phi) is 2.41. The van der Waals surface area contributed by atoms with Crippen LogP contribution in [-0.2, 0) is 0 Å². The number of rotatable bonds is 1. The van der Waals surface area contributed by atoms with Crippen molar-refractivity contribution >= 4 is 5.71 Å². The van der Waals surface area contributed by atoms with Gasteiger partial charge in [0.25, 0.3) is 0 Å². The maximum atomic E-state index is 4.53. The summed E-state index contributed by atoms with van der Waals surface area (Å²) in [5, 5.41) is 0. The molecule has 0 saturated heterocycles. The highest BCUT2D eigenvalue weighted by Crippen LogP contribution is 2.28. The lowest BCUT2D eigenvalue weighted by atomic mass is 9.82. The Morgan fingerprint density at radius 1 is 1.33 bits per heavy atom. The molecule has 0 unspecified atom stereocenters. The molecular formula is C11H19N. The van der Waals surface area contributed by atoms with Gasteiger partial charge < -0.3 is 0 Å². The zero-order valence-electron chi connectivity index (χ0n) is 8.81. The van der Waals surface area contributed by atoms with E-state index in [2.05, 4.69) is 45.7 Å². The third kappa shape index (κ3) is 1.77. The Labute approximate surface area is 75.6 Å². The highest BCUT2D eigenvalue weighted by Gasteiger charge is 2.25. The molecule has 12 heavy (non-hydrogen) atoms. The minimum Gasteiger partial charge on any atom is -0.285 e. The van der Waals surface area contributed by atoms with Crippen LogP contribution in [0.2, 0.25) is 0 Å². The molecule has 0 atom stereocenters. The molecule has 0 aliphatic carbocycles. The second kappa shape index (κ2) is 3.04. The lowest BCUT2D eigenvalue weighted by molar-refractivity contribution is 0.583. The molecular weight excluding hydrogens is 146 g/mol. The first-order valence-electron chi connectivity index (χ1n) is 4.68. The molecule has 0 amide bonds. The van der Waals surface area contributed by atoms with Crippen LogP contribution in [-0.4, -0.2) is 12.3 Å². The Morgan fingerprint density at radius 2 is 1.92 bits per heavy atom. The van der Waals surface area contributed by atoms with Crippen LogP contribution in [0.25, 0.3) is 0 Å². The van der Waals surface area contributed by atoms with E-state index in [0.29, 0.717) is 5.92 Å². The molecule has 0 radical (unpaired) electrons. The van der Waals surface area contributed by atoms with E-state index in [0.717, 1.165) is 6.54 Å². The second-order valence-electron chi connectivity index (χ2n) is 4.75. The van der Waals surface area contributed by atoms with Gasteiger partial charge in [-0.25, -0.2) is 0 Å². The first-order chi connectivity index (χ1) is 5.43. The van der Waals surface area contributed by atoms with Crippen molar-refractivity contribution in [3.05, 3.63) is 11.6 Å². The topological polar surface area (TPSA) is 12.4 Å². The van der Waals surface area contributed by atoms with E-state index in [9.17, 15) is 0 Å². The molecule has 0 N–H and O–H groups in total. The Bertz CT molecular complexity index is 226. The summed E-state index contributed by atoms with van der Waals surface area (Å²) in [4.78, 5) is 4.53. The minimum absolute atomic E-state index is 0.215. The average Bonchev–Trinajstić information content (AvgIpc) is 2.30. The molecule has 0 aromatic rings. The molecule has 0 bridgehead atoms. The van der Waals surface area contributed by atoms with Crippen molar-refractivity contribution in [3.8, 4) is 0 Å². The summed E-state index contributed by atoms with van der Waals surface area (Å²) in [6.07, 6.45) is 2.26. The normalized spacial score (nSPS) is 18.2. The van der Waals surface area contributed by atoms with E-state index in [1.54, 1.807) is 0 Å². The SMILES string of the molecule is CC(C)C1=CCN=C1C(C)(C)C. The molecule has 0 spiro atoms. The fourth-order valence-electron chi connectivity index (χ4n) is 1.60. The van der Waals surface area contributed by atoms with Gasteiger partial charge in [-0.3, -0.25) is 4.99 Å². The molecule has 1 nitrogen and oxygen atoms in total. The number of allylic oxidation sites excluding steroid dienone is 1. The first-order valence-corrected chi connectivity index (χ1v) is 4.68. The molecule has 1 heterocycles. The molecule has 1 aliphatic rings. The van der Waals surface area contributed by atoms with Crippen molar-refractivity contribution in [2.45, 2.75) is 34.6 Å². The first kappa shape index (κ1) is 9.50. The standard InChI is InChI=1S/C11H19N/c1-8(2)9-6-7-12-10(9)11(3,4)5/h6,8H,7H2,1-5H3. The van der Waals surface area contributed by atoms with Gasteiger partial charge >= 0.3 is 0 Å². The molecule has 68 valence electrons. The predicted octanol–water partition coefficient (Wildman–Crippen LogP) is 3.07. The smallest absolute Gasteiger partial charge is 0.0580 e. The van der Waals surface area contributed by atoms with E-state index < -0.39 is 0 Å². The fourth-order valence-corrected chi connectivity index (χ4v) is 1.60. The summed E-state index contributed by atoms with van der Waals surface area (Å²) >= 11 is 0. The van der Waals surface area contributed by atoms with Gasteiger partial charge in [-0.1, -0.05) is 40.7 Å². The largest absolute Gasteiger partial charge is 0.285 e. The van der Waals surface area contributed by atoms with E-state index in [1.165, 1.54) is 11.3 Å². The highest BCUT2D eigenvalue weighted by atomic mass is 14.8. The molecule has 1 rings (SSSR count). The van der Waals surface area contributed by atoms with Crippen molar-refractivity contribution < 1.29 is 0 Å². The van der Waals surface area contributed by atoms with E-state index in [1.807, 2.05) is 0 Å². The Morgan fingerprint density at radius 3 is 2.25 bits per heavy atom. The Balaban J connectivity index is 2.88. The third-order valence-corrected chi connectivity index (χ3v) is 2.17. The second-order valence-corrected chi connectivity index (χ2v) is 4.75. The zero-order valence-corrected chi connectivity index (χ0v) is 8.81. The van der Waals surface area contributed by atoms with Crippen LogP contribution in [0.15, 0.2) is 16.6 Å². The summed E-state index contributed by atoms with van der Waals surface area (Å²) in [7, 11) is 0. The number of aliphatic imine (C=N–C) groups is 1. The predicted molar refractivity (Wildman–Crippen MR) is 54.7 cm³/mol. The van der Waals surface area contributed by atoms with Gasteiger partial charge in [-0.2, -0.15) is 0 Å². The quantitative estimate of drug-likeness (QED) is 0.566. The lowest BCUT2D eigenvalue weighted by Gasteiger charge is -2.23. The monoisotopic (exact) mass is 165 g/mol. The molecule has 0 saturated carbocycles. The van der Waals surface area contributed by atoms with Gasteiger partial charge in [-0.05, 0) is 11.5 Å². The van der Waals surface area contributed by atoms with Gasteiger partial charge in [0.15, 0.2) is 0 Å². The molecule has 0 fully saturated rings. The van der Waals surface area contributed by atoms with Crippen LogP contribution in [0.4, 0.5) is 0 Å². The van der Waals surface area contributed by atoms with Crippen LogP contribution < -0.4 is 0 Å².